The second-order valence-corrected chi connectivity index (χ2v) is 6.98. The summed E-state index contributed by atoms with van der Waals surface area (Å²) in [6.07, 6.45) is 0.420. The van der Waals surface area contributed by atoms with Crippen LogP contribution in [0.5, 0.6) is 0 Å². The summed E-state index contributed by atoms with van der Waals surface area (Å²) < 4.78 is 27.5. The quantitative estimate of drug-likeness (QED) is 0.836. The minimum atomic E-state index is -3.04. The van der Waals surface area contributed by atoms with Gasteiger partial charge in [0.05, 0.1) is 17.1 Å². The fraction of sp³-hybridized carbons (Fsp3) is 0.500. The summed E-state index contributed by atoms with van der Waals surface area (Å²) in [5.74, 6) is -0.0999. The molecule has 0 spiro atoms. The number of sulfone groups is 1. The molecule has 1 amide bonds. The largest absolute Gasteiger partial charge is 0.427 e. The Labute approximate surface area is 110 Å². The Balaban J connectivity index is 2.20. The number of amides is 1. The van der Waals surface area contributed by atoms with E-state index in [-0.39, 0.29) is 23.3 Å². The predicted molar refractivity (Wildman–Crippen MR) is 69.0 cm³/mol. The summed E-state index contributed by atoms with van der Waals surface area (Å²) >= 11 is 0. The van der Waals surface area contributed by atoms with Crippen LogP contribution in [0.3, 0.4) is 0 Å². The third kappa shape index (κ3) is 3.04. The van der Waals surface area contributed by atoms with Crippen molar-refractivity contribution in [2.75, 3.05) is 11.5 Å². The van der Waals surface area contributed by atoms with E-state index in [0.717, 1.165) is 0 Å². The zero-order valence-electron chi connectivity index (χ0n) is 10.7. The summed E-state index contributed by atoms with van der Waals surface area (Å²) in [5.41, 5.74) is 0.311. The molecular weight excluding hydrogens is 270 g/mol. The van der Waals surface area contributed by atoms with Crippen LogP contribution in [0.15, 0.2) is 15.3 Å². The van der Waals surface area contributed by atoms with Gasteiger partial charge >= 0.3 is 5.63 Å². The SMILES string of the molecule is Cc1cc(=O)oc(C)c1C(=O)NC1CCS(=O)(=O)C1. The highest BCUT2D eigenvalue weighted by molar-refractivity contribution is 7.91. The molecule has 1 unspecified atom stereocenters. The lowest BCUT2D eigenvalue weighted by molar-refractivity contribution is 0.0937. The molecule has 1 atom stereocenters. The van der Waals surface area contributed by atoms with Gasteiger partial charge in [-0.15, -0.1) is 0 Å². The van der Waals surface area contributed by atoms with Gasteiger partial charge in [-0.3, -0.25) is 4.79 Å². The molecule has 2 rings (SSSR count). The standard InChI is InChI=1S/C12H15NO5S/c1-7-5-10(14)18-8(2)11(7)12(15)13-9-3-4-19(16,17)6-9/h5,9H,3-4,6H2,1-2H3,(H,13,15). The van der Waals surface area contributed by atoms with Gasteiger partial charge in [-0.2, -0.15) is 0 Å². The first-order valence-electron chi connectivity index (χ1n) is 5.91. The average molecular weight is 285 g/mol. The molecule has 0 aliphatic carbocycles. The van der Waals surface area contributed by atoms with E-state index < -0.39 is 21.4 Å². The van der Waals surface area contributed by atoms with E-state index in [1.807, 2.05) is 0 Å². The first-order valence-corrected chi connectivity index (χ1v) is 7.73. The molecule has 1 aromatic heterocycles. The van der Waals surface area contributed by atoms with Gasteiger partial charge in [0.15, 0.2) is 9.84 Å². The number of hydrogen-bond donors (Lipinski definition) is 1. The Morgan fingerprint density at radius 2 is 2.11 bits per heavy atom. The molecule has 1 aliphatic rings. The topological polar surface area (TPSA) is 93.4 Å². The summed E-state index contributed by atoms with van der Waals surface area (Å²) in [6.45, 7) is 3.18. The smallest absolute Gasteiger partial charge is 0.336 e. The van der Waals surface area contributed by atoms with Gasteiger partial charge in [0.1, 0.15) is 5.76 Å². The fourth-order valence-electron chi connectivity index (χ4n) is 2.26. The summed E-state index contributed by atoms with van der Waals surface area (Å²) in [7, 11) is -3.04. The summed E-state index contributed by atoms with van der Waals surface area (Å²) in [6, 6.07) is 0.871. The van der Waals surface area contributed by atoms with E-state index in [1.54, 1.807) is 6.92 Å². The molecule has 1 fully saturated rings. The van der Waals surface area contributed by atoms with Crippen LogP contribution in [0.1, 0.15) is 28.1 Å². The fourth-order valence-corrected chi connectivity index (χ4v) is 3.94. The van der Waals surface area contributed by atoms with Crippen molar-refractivity contribution in [2.45, 2.75) is 26.3 Å². The maximum atomic E-state index is 12.1. The number of hydrogen-bond acceptors (Lipinski definition) is 5. The van der Waals surface area contributed by atoms with Crippen LogP contribution in [-0.4, -0.2) is 31.9 Å². The number of carbonyl (C=O) groups is 1. The van der Waals surface area contributed by atoms with Crippen LogP contribution in [-0.2, 0) is 9.84 Å². The van der Waals surface area contributed by atoms with Crippen molar-refractivity contribution < 1.29 is 17.6 Å². The number of nitrogens with one attached hydrogen (secondary N) is 1. The monoisotopic (exact) mass is 285 g/mol. The van der Waals surface area contributed by atoms with Gasteiger partial charge in [0.25, 0.3) is 5.91 Å². The van der Waals surface area contributed by atoms with E-state index >= 15 is 0 Å². The third-order valence-electron chi connectivity index (χ3n) is 3.13. The third-order valence-corrected chi connectivity index (χ3v) is 4.90. The van der Waals surface area contributed by atoms with Gasteiger partial charge < -0.3 is 9.73 Å². The molecular formula is C12H15NO5S. The lowest BCUT2D eigenvalue weighted by Crippen LogP contribution is -2.36. The normalized spacial score (nSPS) is 21.3. The number of rotatable bonds is 2. The Bertz CT molecular complexity index is 648. The highest BCUT2D eigenvalue weighted by atomic mass is 32.2. The second kappa shape index (κ2) is 4.80. The van der Waals surface area contributed by atoms with Crippen molar-refractivity contribution >= 4 is 15.7 Å². The molecule has 1 saturated heterocycles. The molecule has 0 aromatic carbocycles. The van der Waals surface area contributed by atoms with Crippen LogP contribution in [0.2, 0.25) is 0 Å². The molecule has 104 valence electrons. The van der Waals surface area contributed by atoms with Crippen LogP contribution in [0.25, 0.3) is 0 Å². The summed E-state index contributed by atoms with van der Waals surface area (Å²) in [5, 5.41) is 2.67. The molecule has 1 N–H and O–H groups in total. The highest BCUT2D eigenvalue weighted by Gasteiger charge is 2.30. The molecule has 0 saturated carbocycles. The lowest BCUT2D eigenvalue weighted by atomic mass is 10.1. The Morgan fingerprint density at radius 1 is 1.42 bits per heavy atom. The van der Waals surface area contributed by atoms with Crippen LogP contribution in [0, 0.1) is 13.8 Å². The average Bonchev–Trinajstić information content (AvgIpc) is 2.56. The van der Waals surface area contributed by atoms with Crippen molar-refractivity contribution in [3.05, 3.63) is 33.4 Å². The summed E-state index contributed by atoms with van der Waals surface area (Å²) in [4.78, 5) is 23.2. The van der Waals surface area contributed by atoms with Crippen molar-refractivity contribution in [1.82, 2.24) is 5.32 Å². The Morgan fingerprint density at radius 3 is 2.63 bits per heavy atom. The van der Waals surface area contributed by atoms with Gasteiger partial charge in [-0.25, -0.2) is 13.2 Å². The minimum Gasteiger partial charge on any atom is -0.427 e. The van der Waals surface area contributed by atoms with Crippen molar-refractivity contribution in [3.63, 3.8) is 0 Å². The van der Waals surface area contributed by atoms with Gasteiger partial charge in [0.2, 0.25) is 0 Å². The lowest BCUT2D eigenvalue weighted by Gasteiger charge is -2.13. The molecule has 6 nitrogen and oxygen atoms in total. The van der Waals surface area contributed by atoms with Gasteiger partial charge in [0, 0.05) is 12.1 Å². The number of aryl methyl sites for hydroxylation is 2. The van der Waals surface area contributed by atoms with Crippen molar-refractivity contribution in [2.24, 2.45) is 0 Å². The van der Waals surface area contributed by atoms with E-state index in [0.29, 0.717) is 17.5 Å². The second-order valence-electron chi connectivity index (χ2n) is 4.75. The van der Waals surface area contributed by atoms with Crippen LogP contribution < -0.4 is 10.9 Å². The maximum Gasteiger partial charge on any atom is 0.336 e. The first-order chi connectivity index (χ1) is 8.78. The molecule has 1 aromatic rings. The Hall–Kier alpha value is -1.63. The highest BCUT2D eigenvalue weighted by Crippen LogP contribution is 2.15. The molecule has 0 radical (unpaired) electrons. The predicted octanol–water partition coefficient (Wildman–Crippen LogP) is 0.174. The van der Waals surface area contributed by atoms with Gasteiger partial charge in [-0.1, -0.05) is 0 Å². The zero-order chi connectivity index (χ0) is 14.2. The van der Waals surface area contributed by atoms with Crippen molar-refractivity contribution in [1.29, 1.82) is 0 Å². The van der Waals surface area contributed by atoms with E-state index in [9.17, 15) is 18.0 Å². The maximum absolute atomic E-state index is 12.1. The van der Waals surface area contributed by atoms with Crippen LogP contribution in [0.4, 0.5) is 0 Å². The van der Waals surface area contributed by atoms with Crippen LogP contribution >= 0.6 is 0 Å². The van der Waals surface area contributed by atoms with Gasteiger partial charge in [-0.05, 0) is 25.8 Å². The van der Waals surface area contributed by atoms with E-state index in [4.69, 9.17) is 4.42 Å². The number of carbonyl (C=O) groups excluding carboxylic acids is 1. The molecule has 0 bridgehead atoms. The minimum absolute atomic E-state index is 0.0341. The Kier molecular flexibility index (Phi) is 3.49. The van der Waals surface area contributed by atoms with E-state index in [2.05, 4.69) is 5.32 Å². The molecule has 7 heteroatoms. The molecule has 1 aliphatic heterocycles. The molecule has 2 heterocycles. The van der Waals surface area contributed by atoms with Crippen molar-refractivity contribution in [3.8, 4) is 0 Å². The first kappa shape index (κ1) is 13.8. The molecule has 19 heavy (non-hydrogen) atoms. The van der Waals surface area contributed by atoms with E-state index in [1.165, 1.54) is 13.0 Å². The zero-order valence-corrected chi connectivity index (χ0v) is 11.5.